The van der Waals surface area contributed by atoms with Crippen molar-refractivity contribution in [2.75, 3.05) is 0 Å². The Hall–Kier alpha value is -2.74. The van der Waals surface area contributed by atoms with Gasteiger partial charge in [0.1, 0.15) is 0 Å². The van der Waals surface area contributed by atoms with E-state index in [0.717, 1.165) is 35.4 Å². The van der Waals surface area contributed by atoms with Gasteiger partial charge in [0.25, 0.3) is 0 Å². The third kappa shape index (κ3) is 1.80. The molecule has 0 bridgehead atoms. The van der Waals surface area contributed by atoms with Crippen molar-refractivity contribution >= 4 is 104 Å². The number of ether oxygens (including phenoxy) is 2. The molecule has 0 amide bonds. The number of nitrogens with zero attached hydrogens (tertiary/aromatic N) is 2. The van der Waals surface area contributed by atoms with Crippen molar-refractivity contribution in [3.05, 3.63) is 66.7 Å². The molecule has 0 atom stereocenters. The van der Waals surface area contributed by atoms with Crippen molar-refractivity contribution in [2.24, 2.45) is 4.52 Å². The molecule has 0 N–H and O–H groups in total. The molecule has 4 saturated heterocycles. The Morgan fingerprint density at radius 1 is 0.865 bits per heavy atom. The van der Waals surface area contributed by atoms with Crippen molar-refractivity contribution in [3.8, 4) is 28.7 Å². The van der Waals surface area contributed by atoms with Crippen LogP contribution in [0.15, 0.2) is 71.2 Å². The van der Waals surface area contributed by atoms with Crippen molar-refractivity contribution in [3.63, 3.8) is 0 Å². The van der Waals surface area contributed by atoms with E-state index in [4.69, 9.17) is 14.0 Å². The summed E-state index contributed by atoms with van der Waals surface area (Å²) in [6.45, 7) is 5.34. The van der Waals surface area contributed by atoms with E-state index < -0.39 is 6.39 Å². The summed E-state index contributed by atoms with van der Waals surface area (Å²) in [5.74, 6) is 3.81. The number of aromatic nitrogens is 1. The number of hydrogen-bond acceptors (Lipinski definition) is 3. The van der Waals surface area contributed by atoms with Crippen LogP contribution in [0.3, 0.4) is 0 Å². The summed E-state index contributed by atoms with van der Waals surface area (Å²) in [4.78, 5) is 0. The Kier molecular flexibility index (Phi) is 2.62. The second-order valence-electron chi connectivity index (χ2n) is 11.6. The molecule has 4 nitrogen and oxygen atoms in total. The molecule has 4 fully saturated rings. The van der Waals surface area contributed by atoms with Crippen molar-refractivity contribution in [2.45, 2.75) is 0 Å². The number of hydrogen-bond donors (Lipinski definition) is 0. The maximum atomic E-state index is 6.80. The van der Waals surface area contributed by atoms with E-state index in [1.165, 1.54) is 49.2 Å². The quantitative estimate of drug-likeness (QED) is 0.272. The van der Waals surface area contributed by atoms with Gasteiger partial charge in [0.15, 0.2) is 0 Å². The second kappa shape index (κ2) is 5.24. The van der Waals surface area contributed by atoms with Crippen LogP contribution < -0.4 is 31.2 Å². The van der Waals surface area contributed by atoms with Gasteiger partial charge >= 0.3 is 218 Å². The van der Waals surface area contributed by atoms with E-state index in [0.29, 0.717) is 6.21 Å². The molecule has 0 spiro atoms. The predicted molar refractivity (Wildman–Crippen MR) is 162 cm³/mol. The van der Waals surface area contributed by atoms with E-state index in [1.54, 1.807) is 0 Å². The van der Waals surface area contributed by atoms with Gasteiger partial charge in [0, 0.05) is 0 Å². The molecule has 37 heavy (non-hydrogen) atoms. The topological polar surface area (TPSA) is 35.8 Å². The van der Waals surface area contributed by atoms with Crippen molar-refractivity contribution in [1.29, 1.82) is 0 Å². The molecule has 5 aromatic rings. The number of benzene rings is 4. The molecule has 4 aromatic carbocycles. The summed E-state index contributed by atoms with van der Waals surface area (Å²) in [6.07, 6.45) is -0.196. The Morgan fingerprint density at radius 2 is 1.59 bits per heavy atom. The van der Waals surface area contributed by atoms with Gasteiger partial charge in [0.2, 0.25) is 0 Å². The molecular weight excluding hydrogens is 486 g/mol. The SMILES string of the molecule is [B]1B2[B-]P12(N=[P+]1B2[B-]B21)c1cc2c3c4c1c1ccccc1n4-c1cccc4c1B3c1c(cccc1O2)O4. The molecule has 13 heteroatoms. The Bertz CT molecular complexity index is 2100. The van der Waals surface area contributed by atoms with E-state index in [9.17, 15) is 0 Å². The van der Waals surface area contributed by atoms with Crippen LogP contribution in [0.5, 0.6) is 23.0 Å². The molecular formula is C24H11B7N2O2P2-. The molecule has 12 rings (SSSR count). The van der Waals surface area contributed by atoms with E-state index in [1.807, 2.05) is 0 Å². The summed E-state index contributed by atoms with van der Waals surface area (Å²) >= 11 is 0. The predicted octanol–water partition coefficient (Wildman–Crippen LogP) is 2.62. The van der Waals surface area contributed by atoms with Gasteiger partial charge < -0.3 is 0 Å². The first-order valence-electron chi connectivity index (χ1n) is 13.1. The zero-order valence-corrected chi connectivity index (χ0v) is 21.3. The minimum atomic E-state index is -2.42. The summed E-state index contributed by atoms with van der Waals surface area (Å²) in [5.41, 5.74) is 7.53. The second-order valence-corrected chi connectivity index (χ2v) is 18.5. The standard InChI is InChI=1S/C24H11B7N2O2P2/c1-2-6-13-12(5-1)20-19(37(26-29(37)27-37)32-36-30-25-31(30)36)11-18-23-24(20)33(13)14-7-3-8-15-21(14)28(23)22-16(34-15)9-4-10-17(22)35-18/h1-11H/q-1. The Balaban J connectivity index is 1.32. The van der Waals surface area contributed by atoms with Crippen LogP contribution in [0.25, 0.3) is 27.5 Å². The van der Waals surface area contributed by atoms with Gasteiger partial charge in [-0.2, -0.15) is 0 Å². The van der Waals surface area contributed by atoms with E-state index >= 15 is 0 Å². The first-order chi connectivity index (χ1) is 18.2. The molecule has 8 heterocycles. The molecule has 7 aliphatic rings. The molecule has 161 valence electrons. The summed E-state index contributed by atoms with van der Waals surface area (Å²) in [7, 11) is 2.33. The molecule has 1 aromatic heterocycles. The number of rotatable bonds is 2. The Morgan fingerprint density at radius 3 is 2.35 bits per heavy atom. The maximum absolute atomic E-state index is 6.80. The minimum absolute atomic E-state index is 0.117. The van der Waals surface area contributed by atoms with Crippen LogP contribution in [0.2, 0.25) is 0 Å². The monoisotopic (exact) mass is 498 g/mol. The Labute approximate surface area is 217 Å². The van der Waals surface area contributed by atoms with Crippen LogP contribution >= 0.6 is 13.9 Å². The van der Waals surface area contributed by atoms with Gasteiger partial charge in [-0.25, -0.2) is 0 Å². The third-order valence-corrected chi connectivity index (χ3v) is 18.3. The number of fused-ring (bicyclic) bond motifs is 6. The fourth-order valence-electron chi connectivity index (χ4n) is 7.76. The van der Waals surface area contributed by atoms with Crippen LogP contribution in [0.4, 0.5) is 0 Å². The number of para-hydroxylation sites is 1. The molecule has 5 radical (unpaired) electrons. The average molecular weight is 497 g/mol. The van der Waals surface area contributed by atoms with Gasteiger partial charge in [-0.15, -0.1) is 0 Å². The molecule has 0 unspecified atom stereocenters. The van der Waals surface area contributed by atoms with Gasteiger partial charge in [0.05, 0.1) is 0 Å². The van der Waals surface area contributed by atoms with Crippen LogP contribution in [0, 0.1) is 0 Å². The summed E-state index contributed by atoms with van der Waals surface area (Å²) in [6, 6.07) is 24.1. The van der Waals surface area contributed by atoms with Crippen LogP contribution in [0.1, 0.15) is 0 Å². The normalized spacial score (nSPS) is 22.3. The summed E-state index contributed by atoms with van der Waals surface area (Å²) < 4.78 is 21.6. The first-order valence-corrected chi connectivity index (χ1v) is 16.9. The van der Waals surface area contributed by atoms with Crippen molar-refractivity contribution in [1.82, 2.24) is 4.57 Å². The summed E-state index contributed by atoms with van der Waals surface area (Å²) in [5, 5.41) is 4.20. The van der Waals surface area contributed by atoms with Crippen molar-refractivity contribution < 1.29 is 9.47 Å². The van der Waals surface area contributed by atoms with Gasteiger partial charge in [-0.1, -0.05) is 0 Å². The van der Waals surface area contributed by atoms with E-state index in [2.05, 4.69) is 92.1 Å². The zero-order chi connectivity index (χ0) is 23.4. The third-order valence-electron chi connectivity index (χ3n) is 9.87. The van der Waals surface area contributed by atoms with Gasteiger partial charge in [-0.3, -0.25) is 0 Å². The molecule has 0 aliphatic carbocycles. The molecule has 0 saturated carbocycles. The van der Waals surface area contributed by atoms with Crippen LogP contribution in [-0.2, 0) is 0 Å². The van der Waals surface area contributed by atoms with E-state index in [-0.39, 0.29) is 14.2 Å². The first kappa shape index (κ1) is 18.5. The fourth-order valence-corrected chi connectivity index (χ4v) is 17.1. The van der Waals surface area contributed by atoms with Gasteiger partial charge in [-0.05, 0) is 0 Å². The van der Waals surface area contributed by atoms with Crippen LogP contribution in [-0.4, -0.2) is 50.8 Å². The fraction of sp³-hybridized carbons (Fsp3) is 0. The zero-order valence-electron chi connectivity index (χ0n) is 19.5. The average Bonchev–Trinajstić information content (AvgIpc) is 3.82. The molecule has 7 aliphatic heterocycles.